The molecule has 0 spiro atoms. The SMILES string of the molecule is COc1c(N)ncnc1N1CC(C)(C)OC(C)(C)C1. The van der Waals surface area contributed by atoms with Gasteiger partial charge in [-0.15, -0.1) is 0 Å². The number of nitrogen functional groups attached to an aromatic ring is 1. The Hall–Kier alpha value is -1.56. The van der Waals surface area contributed by atoms with Gasteiger partial charge in [-0.2, -0.15) is 0 Å². The highest BCUT2D eigenvalue weighted by Crippen LogP contribution is 2.36. The molecule has 106 valence electrons. The third-order valence-electron chi connectivity index (χ3n) is 3.01. The molecule has 2 N–H and O–H groups in total. The highest BCUT2D eigenvalue weighted by atomic mass is 16.5. The summed E-state index contributed by atoms with van der Waals surface area (Å²) in [5.41, 5.74) is 5.32. The minimum Gasteiger partial charge on any atom is -0.490 e. The molecule has 19 heavy (non-hydrogen) atoms. The molecule has 2 heterocycles. The first-order valence-corrected chi connectivity index (χ1v) is 6.34. The number of ether oxygens (including phenoxy) is 2. The van der Waals surface area contributed by atoms with Gasteiger partial charge in [0.15, 0.2) is 11.6 Å². The van der Waals surface area contributed by atoms with Gasteiger partial charge < -0.3 is 20.1 Å². The van der Waals surface area contributed by atoms with E-state index in [1.54, 1.807) is 7.11 Å². The molecular formula is C13H22N4O2. The number of anilines is 2. The molecule has 1 aliphatic heterocycles. The van der Waals surface area contributed by atoms with Crippen molar-refractivity contribution >= 4 is 11.6 Å². The molecule has 0 bridgehead atoms. The number of nitrogens with zero attached hydrogens (tertiary/aromatic N) is 3. The van der Waals surface area contributed by atoms with Crippen LogP contribution >= 0.6 is 0 Å². The van der Waals surface area contributed by atoms with E-state index in [4.69, 9.17) is 15.2 Å². The molecule has 2 rings (SSSR count). The van der Waals surface area contributed by atoms with E-state index in [1.165, 1.54) is 6.33 Å². The Morgan fingerprint density at radius 1 is 1.21 bits per heavy atom. The molecule has 0 radical (unpaired) electrons. The molecule has 0 saturated carbocycles. The number of hydrogen-bond donors (Lipinski definition) is 1. The fraction of sp³-hybridized carbons (Fsp3) is 0.692. The van der Waals surface area contributed by atoms with Crippen molar-refractivity contribution in [2.75, 3.05) is 30.8 Å². The topological polar surface area (TPSA) is 73.5 Å². The number of aromatic nitrogens is 2. The number of morpholine rings is 1. The molecule has 0 aliphatic carbocycles. The van der Waals surface area contributed by atoms with Gasteiger partial charge in [0.05, 0.1) is 18.3 Å². The van der Waals surface area contributed by atoms with E-state index in [-0.39, 0.29) is 11.2 Å². The number of hydrogen-bond acceptors (Lipinski definition) is 6. The van der Waals surface area contributed by atoms with Crippen molar-refractivity contribution in [3.8, 4) is 5.75 Å². The molecular weight excluding hydrogens is 244 g/mol. The molecule has 0 atom stereocenters. The third kappa shape index (κ3) is 2.89. The Morgan fingerprint density at radius 3 is 2.32 bits per heavy atom. The van der Waals surface area contributed by atoms with Gasteiger partial charge in [-0.05, 0) is 27.7 Å². The van der Waals surface area contributed by atoms with Crippen molar-refractivity contribution in [2.24, 2.45) is 0 Å². The molecule has 1 aliphatic rings. The maximum absolute atomic E-state index is 6.06. The summed E-state index contributed by atoms with van der Waals surface area (Å²) in [5.74, 6) is 1.60. The van der Waals surface area contributed by atoms with Crippen LogP contribution in [0.1, 0.15) is 27.7 Å². The highest BCUT2D eigenvalue weighted by molar-refractivity contribution is 5.63. The monoisotopic (exact) mass is 266 g/mol. The van der Waals surface area contributed by atoms with Crippen molar-refractivity contribution in [3.63, 3.8) is 0 Å². The lowest BCUT2D eigenvalue weighted by Gasteiger charge is -2.47. The van der Waals surface area contributed by atoms with Crippen molar-refractivity contribution in [3.05, 3.63) is 6.33 Å². The Labute approximate surface area is 113 Å². The van der Waals surface area contributed by atoms with Gasteiger partial charge in [0.1, 0.15) is 6.33 Å². The van der Waals surface area contributed by atoms with Crippen LogP contribution in [0.2, 0.25) is 0 Å². The van der Waals surface area contributed by atoms with Crippen LogP contribution in [-0.2, 0) is 4.74 Å². The van der Waals surface area contributed by atoms with Crippen LogP contribution in [0.5, 0.6) is 5.75 Å². The first-order valence-electron chi connectivity index (χ1n) is 6.34. The van der Waals surface area contributed by atoms with E-state index in [0.29, 0.717) is 11.6 Å². The van der Waals surface area contributed by atoms with Crippen LogP contribution in [0.25, 0.3) is 0 Å². The van der Waals surface area contributed by atoms with E-state index in [2.05, 4.69) is 42.6 Å². The van der Waals surface area contributed by atoms with Gasteiger partial charge in [0, 0.05) is 13.1 Å². The maximum Gasteiger partial charge on any atom is 0.204 e. The first kappa shape index (κ1) is 13.9. The minimum absolute atomic E-state index is 0.257. The van der Waals surface area contributed by atoms with Crippen LogP contribution in [0.4, 0.5) is 11.6 Å². The van der Waals surface area contributed by atoms with E-state index < -0.39 is 0 Å². The van der Waals surface area contributed by atoms with Gasteiger partial charge >= 0.3 is 0 Å². The van der Waals surface area contributed by atoms with E-state index in [9.17, 15) is 0 Å². The Bertz CT molecular complexity index is 458. The lowest BCUT2D eigenvalue weighted by Crippen LogP contribution is -2.57. The number of nitrogens with two attached hydrogens (primary N) is 1. The van der Waals surface area contributed by atoms with Crippen molar-refractivity contribution < 1.29 is 9.47 Å². The van der Waals surface area contributed by atoms with Gasteiger partial charge in [-0.25, -0.2) is 9.97 Å². The fourth-order valence-corrected chi connectivity index (χ4v) is 2.74. The summed E-state index contributed by atoms with van der Waals surface area (Å²) in [4.78, 5) is 10.4. The first-order chi connectivity index (χ1) is 8.74. The molecule has 1 aromatic rings. The maximum atomic E-state index is 6.06. The molecule has 6 nitrogen and oxygen atoms in total. The summed E-state index contributed by atoms with van der Waals surface area (Å²) in [5, 5.41) is 0. The Balaban J connectivity index is 2.39. The van der Waals surface area contributed by atoms with Crippen molar-refractivity contribution in [1.29, 1.82) is 0 Å². The second-order valence-electron chi connectivity index (χ2n) is 6.09. The predicted octanol–water partition coefficient (Wildman–Crippen LogP) is 1.46. The van der Waals surface area contributed by atoms with Crippen LogP contribution < -0.4 is 15.4 Å². The summed E-state index contributed by atoms with van der Waals surface area (Å²) < 4.78 is 11.4. The molecule has 0 amide bonds. The second-order valence-corrected chi connectivity index (χ2v) is 6.09. The average Bonchev–Trinajstić information content (AvgIpc) is 2.24. The minimum atomic E-state index is -0.257. The zero-order valence-electron chi connectivity index (χ0n) is 12.2. The normalized spacial score (nSPS) is 21.2. The average molecular weight is 266 g/mol. The largest absolute Gasteiger partial charge is 0.490 e. The molecule has 0 aromatic carbocycles. The second kappa shape index (κ2) is 4.52. The smallest absolute Gasteiger partial charge is 0.204 e. The van der Waals surface area contributed by atoms with Gasteiger partial charge in [0.2, 0.25) is 5.75 Å². The summed E-state index contributed by atoms with van der Waals surface area (Å²) in [7, 11) is 1.58. The Kier molecular flexibility index (Phi) is 3.30. The van der Waals surface area contributed by atoms with Crippen LogP contribution in [-0.4, -0.2) is 41.4 Å². The van der Waals surface area contributed by atoms with Crippen molar-refractivity contribution in [1.82, 2.24) is 9.97 Å². The van der Waals surface area contributed by atoms with Gasteiger partial charge in [-0.3, -0.25) is 0 Å². The predicted molar refractivity (Wildman–Crippen MR) is 74.5 cm³/mol. The van der Waals surface area contributed by atoms with Gasteiger partial charge in [-0.1, -0.05) is 0 Å². The van der Waals surface area contributed by atoms with Gasteiger partial charge in [0.25, 0.3) is 0 Å². The van der Waals surface area contributed by atoms with E-state index >= 15 is 0 Å². The summed E-state index contributed by atoms with van der Waals surface area (Å²) in [6.07, 6.45) is 1.46. The molecule has 0 unspecified atom stereocenters. The van der Waals surface area contributed by atoms with E-state index in [0.717, 1.165) is 18.9 Å². The number of methoxy groups -OCH3 is 1. The lowest BCUT2D eigenvalue weighted by atomic mass is 9.99. The molecule has 1 fully saturated rings. The standard InChI is InChI=1S/C13H22N4O2/c1-12(2)6-17(7-13(3,4)19-12)11-9(18-5)10(14)15-8-16-11/h8H,6-7H2,1-5H3,(H2,14,15,16). The quantitative estimate of drug-likeness (QED) is 0.873. The van der Waals surface area contributed by atoms with E-state index in [1.807, 2.05) is 0 Å². The molecule has 1 aromatic heterocycles. The van der Waals surface area contributed by atoms with Crippen LogP contribution in [0, 0.1) is 0 Å². The third-order valence-corrected chi connectivity index (χ3v) is 3.01. The summed E-state index contributed by atoms with van der Waals surface area (Å²) >= 11 is 0. The van der Waals surface area contributed by atoms with Crippen LogP contribution in [0.15, 0.2) is 6.33 Å². The Morgan fingerprint density at radius 2 is 1.79 bits per heavy atom. The highest BCUT2D eigenvalue weighted by Gasteiger charge is 2.39. The summed E-state index contributed by atoms with van der Waals surface area (Å²) in [6, 6.07) is 0. The summed E-state index contributed by atoms with van der Waals surface area (Å²) in [6.45, 7) is 9.72. The fourth-order valence-electron chi connectivity index (χ4n) is 2.74. The van der Waals surface area contributed by atoms with Crippen LogP contribution in [0.3, 0.4) is 0 Å². The molecule has 6 heteroatoms. The zero-order valence-corrected chi connectivity index (χ0v) is 12.2. The lowest BCUT2D eigenvalue weighted by molar-refractivity contribution is -0.133. The number of rotatable bonds is 2. The molecule has 1 saturated heterocycles. The van der Waals surface area contributed by atoms with Crippen molar-refractivity contribution in [2.45, 2.75) is 38.9 Å². The zero-order chi connectivity index (χ0) is 14.3.